The Bertz CT molecular complexity index is 523. The molecule has 1 rings (SSSR count). The van der Waals surface area contributed by atoms with Gasteiger partial charge in [0.1, 0.15) is 11.4 Å². The normalized spacial score (nSPS) is 12.2. The third kappa shape index (κ3) is 4.66. The van der Waals surface area contributed by atoms with Crippen molar-refractivity contribution >= 4 is 27.7 Å². The molecule has 8 heteroatoms. The average molecular weight is 358 g/mol. The fourth-order valence-electron chi connectivity index (χ4n) is 1.27. The summed E-state index contributed by atoms with van der Waals surface area (Å²) in [5.41, 5.74) is -2.37. The van der Waals surface area contributed by atoms with Gasteiger partial charge < -0.3 is 4.74 Å². The Morgan fingerprint density at radius 3 is 2.25 bits per heavy atom. The number of anilines is 1. The molecule has 0 aliphatic rings. The van der Waals surface area contributed by atoms with E-state index in [1.165, 1.54) is 0 Å². The third-order valence-electron chi connectivity index (χ3n) is 2.00. The van der Waals surface area contributed by atoms with Crippen molar-refractivity contribution in [2.24, 2.45) is 0 Å². The highest BCUT2D eigenvalue weighted by molar-refractivity contribution is 9.10. The number of carbonyl (C=O) groups excluding carboxylic acids is 1. The molecular weight excluding hydrogens is 346 g/mol. The van der Waals surface area contributed by atoms with Crippen LogP contribution in [0, 0.1) is 5.82 Å². The number of benzene rings is 1. The maximum Gasteiger partial charge on any atom is 0.417 e. The summed E-state index contributed by atoms with van der Waals surface area (Å²) in [5, 5.41) is 2.05. The van der Waals surface area contributed by atoms with Crippen LogP contribution in [0.1, 0.15) is 26.3 Å². The van der Waals surface area contributed by atoms with E-state index in [0.717, 1.165) is 6.07 Å². The van der Waals surface area contributed by atoms with Crippen molar-refractivity contribution in [3.63, 3.8) is 0 Å². The van der Waals surface area contributed by atoms with Crippen molar-refractivity contribution in [1.29, 1.82) is 0 Å². The molecule has 0 heterocycles. The van der Waals surface area contributed by atoms with E-state index in [2.05, 4.69) is 21.2 Å². The predicted octanol–water partition coefficient (Wildman–Crippen LogP) is 4.95. The summed E-state index contributed by atoms with van der Waals surface area (Å²) in [6, 6.07) is 1.14. The number of halogens is 5. The van der Waals surface area contributed by atoms with Crippen molar-refractivity contribution in [1.82, 2.24) is 0 Å². The lowest BCUT2D eigenvalue weighted by Crippen LogP contribution is -2.27. The molecule has 1 amide bonds. The SMILES string of the molecule is CC(C)(C)OC(=O)Nc1cc(Br)c(C(F)(F)F)cc1F. The van der Waals surface area contributed by atoms with Gasteiger partial charge in [-0.25, -0.2) is 9.18 Å². The van der Waals surface area contributed by atoms with E-state index in [4.69, 9.17) is 4.74 Å². The number of rotatable bonds is 1. The van der Waals surface area contributed by atoms with E-state index in [9.17, 15) is 22.4 Å². The van der Waals surface area contributed by atoms with Crippen LogP contribution >= 0.6 is 15.9 Å². The molecule has 20 heavy (non-hydrogen) atoms. The van der Waals surface area contributed by atoms with Crippen LogP contribution in [0.5, 0.6) is 0 Å². The van der Waals surface area contributed by atoms with Crippen molar-refractivity contribution in [2.45, 2.75) is 32.5 Å². The lowest BCUT2D eigenvalue weighted by Gasteiger charge is -2.20. The van der Waals surface area contributed by atoms with E-state index in [-0.39, 0.29) is 4.47 Å². The predicted molar refractivity (Wildman–Crippen MR) is 69.0 cm³/mol. The van der Waals surface area contributed by atoms with E-state index >= 15 is 0 Å². The lowest BCUT2D eigenvalue weighted by atomic mass is 10.2. The fraction of sp³-hybridized carbons (Fsp3) is 0.417. The monoisotopic (exact) mass is 357 g/mol. The molecule has 1 aromatic rings. The van der Waals surface area contributed by atoms with Crippen LogP contribution in [0.3, 0.4) is 0 Å². The first-order chi connectivity index (χ1) is 8.90. The third-order valence-corrected chi connectivity index (χ3v) is 2.65. The molecule has 1 aromatic carbocycles. The number of ether oxygens (including phenoxy) is 1. The molecule has 3 nitrogen and oxygen atoms in total. The minimum absolute atomic E-state index is 0.302. The number of amides is 1. The highest BCUT2D eigenvalue weighted by atomic mass is 79.9. The second-order valence-electron chi connectivity index (χ2n) is 4.94. The highest BCUT2D eigenvalue weighted by Crippen LogP contribution is 2.37. The first kappa shape index (κ1) is 16.7. The molecule has 0 fully saturated rings. The zero-order valence-electron chi connectivity index (χ0n) is 10.9. The maximum absolute atomic E-state index is 13.6. The molecule has 0 spiro atoms. The molecule has 0 radical (unpaired) electrons. The smallest absolute Gasteiger partial charge is 0.417 e. The molecule has 1 N–H and O–H groups in total. The average Bonchev–Trinajstić information content (AvgIpc) is 2.18. The Kier molecular flexibility index (Phi) is 4.68. The van der Waals surface area contributed by atoms with Gasteiger partial charge in [0.05, 0.1) is 11.3 Å². The number of alkyl halides is 3. The van der Waals surface area contributed by atoms with Gasteiger partial charge in [-0.15, -0.1) is 0 Å². The second kappa shape index (κ2) is 5.59. The molecule has 0 unspecified atom stereocenters. The van der Waals surface area contributed by atoms with Crippen LogP contribution in [0.2, 0.25) is 0 Å². The van der Waals surface area contributed by atoms with E-state index in [1.54, 1.807) is 20.8 Å². The van der Waals surface area contributed by atoms with Crippen LogP contribution in [0.4, 0.5) is 28.0 Å². The van der Waals surface area contributed by atoms with Crippen molar-refractivity contribution in [3.8, 4) is 0 Å². The number of hydrogen-bond donors (Lipinski definition) is 1. The Morgan fingerprint density at radius 1 is 1.25 bits per heavy atom. The Labute approximate surface area is 121 Å². The first-order valence-corrected chi connectivity index (χ1v) is 6.25. The fourth-order valence-corrected chi connectivity index (χ4v) is 1.84. The zero-order valence-corrected chi connectivity index (χ0v) is 12.4. The molecule has 0 atom stereocenters. The standard InChI is InChI=1S/C12H12BrF4NO2/c1-11(2,3)20-10(19)18-9-5-7(13)6(4-8(9)14)12(15,16)17/h4-5H,1-3H3,(H,18,19). The van der Waals surface area contributed by atoms with Gasteiger partial charge >= 0.3 is 12.3 Å². The van der Waals surface area contributed by atoms with Crippen molar-refractivity contribution in [2.75, 3.05) is 5.32 Å². The topological polar surface area (TPSA) is 38.3 Å². The summed E-state index contributed by atoms with van der Waals surface area (Å²) < 4.78 is 55.7. The molecule has 0 aliphatic heterocycles. The van der Waals surface area contributed by atoms with Gasteiger partial charge in [-0.3, -0.25) is 5.32 Å². The lowest BCUT2D eigenvalue weighted by molar-refractivity contribution is -0.138. The molecule has 0 aliphatic carbocycles. The molecule has 0 saturated carbocycles. The Balaban J connectivity index is 2.99. The van der Waals surface area contributed by atoms with Crippen LogP contribution in [0.25, 0.3) is 0 Å². The summed E-state index contributed by atoms with van der Waals surface area (Å²) in [5.74, 6) is -1.20. The van der Waals surface area contributed by atoms with Gasteiger partial charge in [0.25, 0.3) is 0 Å². The Morgan fingerprint density at radius 2 is 1.80 bits per heavy atom. The first-order valence-electron chi connectivity index (χ1n) is 5.46. The minimum Gasteiger partial charge on any atom is -0.444 e. The molecular formula is C12H12BrF4NO2. The summed E-state index contributed by atoms with van der Waals surface area (Å²) in [7, 11) is 0. The number of hydrogen-bond acceptors (Lipinski definition) is 2. The van der Waals surface area contributed by atoms with Gasteiger partial charge in [0.2, 0.25) is 0 Å². The van der Waals surface area contributed by atoms with Crippen LogP contribution in [0.15, 0.2) is 16.6 Å². The van der Waals surface area contributed by atoms with Gasteiger partial charge in [0.15, 0.2) is 0 Å². The van der Waals surface area contributed by atoms with Gasteiger partial charge in [-0.05, 0) is 32.9 Å². The number of nitrogens with one attached hydrogen (secondary N) is 1. The molecule has 0 saturated heterocycles. The second-order valence-corrected chi connectivity index (χ2v) is 5.79. The van der Waals surface area contributed by atoms with E-state index in [0.29, 0.717) is 6.07 Å². The molecule has 0 aromatic heterocycles. The van der Waals surface area contributed by atoms with E-state index < -0.39 is 34.9 Å². The van der Waals surface area contributed by atoms with Crippen LogP contribution < -0.4 is 5.32 Å². The Hall–Kier alpha value is -1.31. The quantitative estimate of drug-likeness (QED) is 0.721. The van der Waals surface area contributed by atoms with Crippen molar-refractivity contribution < 1.29 is 27.1 Å². The van der Waals surface area contributed by atoms with Gasteiger partial charge in [0, 0.05) is 4.47 Å². The largest absolute Gasteiger partial charge is 0.444 e. The minimum atomic E-state index is -4.69. The summed E-state index contributed by atoms with van der Waals surface area (Å²) in [6.07, 6.45) is -5.65. The highest BCUT2D eigenvalue weighted by Gasteiger charge is 2.34. The van der Waals surface area contributed by atoms with Crippen LogP contribution in [-0.2, 0) is 10.9 Å². The summed E-state index contributed by atoms with van der Waals surface area (Å²) in [6.45, 7) is 4.81. The maximum atomic E-state index is 13.6. The molecule has 0 bridgehead atoms. The van der Waals surface area contributed by atoms with E-state index in [1.807, 2.05) is 0 Å². The summed E-state index contributed by atoms with van der Waals surface area (Å²) in [4.78, 5) is 11.4. The zero-order chi connectivity index (χ0) is 15.7. The van der Waals surface area contributed by atoms with Crippen LogP contribution in [-0.4, -0.2) is 11.7 Å². The van der Waals surface area contributed by atoms with Gasteiger partial charge in [-0.1, -0.05) is 15.9 Å². The summed E-state index contributed by atoms with van der Waals surface area (Å²) >= 11 is 2.69. The van der Waals surface area contributed by atoms with Gasteiger partial charge in [-0.2, -0.15) is 13.2 Å². The number of carbonyl (C=O) groups is 1. The van der Waals surface area contributed by atoms with Crippen molar-refractivity contribution in [3.05, 3.63) is 28.0 Å². The molecule has 112 valence electrons.